The Balaban J connectivity index is 2.06. The molecule has 0 aromatic rings. The SMILES string of the molecule is ClCC[C@H]1CCCN1. The van der Waals surface area contributed by atoms with Crippen LogP contribution in [0.1, 0.15) is 19.3 Å². The van der Waals surface area contributed by atoms with Crippen LogP contribution in [0.5, 0.6) is 0 Å². The summed E-state index contributed by atoms with van der Waals surface area (Å²) < 4.78 is 0. The van der Waals surface area contributed by atoms with Gasteiger partial charge >= 0.3 is 0 Å². The smallest absolute Gasteiger partial charge is 0.0238 e. The van der Waals surface area contributed by atoms with E-state index in [1.165, 1.54) is 19.4 Å². The predicted molar refractivity (Wildman–Crippen MR) is 36.4 cm³/mol. The highest BCUT2D eigenvalue weighted by Crippen LogP contribution is 2.08. The fraction of sp³-hybridized carbons (Fsp3) is 1.00. The highest BCUT2D eigenvalue weighted by Gasteiger charge is 2.11. The quantitative estimate of drug-likeness (QED) is 0.561. The Morgan fingerprint density at radius 3 is 3.00 bits per heavy atom. The number of rotatable bonds is 2. The van der Waals surface area contributed by atoms with Crippen molar-refractivity contribution in [2.75, 3.05) is 12.4 Å². The summed E-state index contributed by atoms with van der Waals surface area (Å²) in [5.41, 5.74) is 0. The molecule has 2 heteroatoms. The molecule has 0 unspecified atom stereocenters. The first-order chi connectivity index (χ1) is 3.93. The van der Waals surface area contributed by atoms with E-state index in [0.717, 1.165) is 18.3 Å². The molecule has 1 atom stereocenters. The van der Waals surface area contributed by atoms with E-state index in [2.05, 4.69) is 5.32 Å². The molecule has 0 radical (unpaired) electrons. The van der Waals surface area contributed by atoms with Crippen molar-refractivity contribution in [2.45, 2.75) is 25.3 Å². The van der Waals surface area contributed by atoms with Crippen LogP contribution >= 0.6 is 11.6 Å². The molecule has 1 fully saturated rings. The summed E-state index contributed by atoms with van der Waals surface area (Å²) in [7, 11) is 0. The molecule has 48 valence electrons. The lowest BCUT2D eigenvalue weighted by molar-refractivity contribution is 0.590. The number of hydrogen-bond donors (Lipinski definition) is 1. The van der Waals surface area contributed by atoms with Crippen LogP contribution < -0.4 is 5.32 Å². The fourth-order valence-corrected chi connectivity index (χ4v) is 1.40. The van der Waals surface area contributed by atoms with Gasteiger partial charge in [0.25, 0.3) is 0 Å². The Bertz CT molecular complexity index is 59.5. The molecule has 0 spiro atoms. The zero-order valence-corrected chi connectivity index (χ0v) is 5.75. The van der Waals surface area contributed by atoms with Crippen molar-refractivity contribution in [1.82, 2.24) is 5.32 Å². The molecule has 8 heavy (non-hydrogen) atoms. The van der Waals surface area contributed by atoms with Gasteiger partial charge in [0.05, 0.1) is 0 Å². The standard InChI is InChI=1S/C6H12ClN/c7-4-3-6-2-1-5-8-6/h6,8H,1-5H2/t6-/m1/s1. The second kappa shape index (κ2) is 3.31. The minimum Gasteiger partial charge on any atom is -0.314 e. The highest BCUT2D eigenvalue weighted by atomic mass is 35.5. The third-order valence-electron chi connectivity index (χ3n) is 1.62. The van der Waals surface area contributed by atoms with Crippen LogP contribution in [0.25, 0.3) is 0 Å². The van der Waals surface area contributed by atoms with E-state index in [4.69, 9.17) is 11.6 Å². The molecular weight excluding hydrogens is 122 g/mol. The first-order valence-electron chi connectivity index (χ1n) is 3.23. The molecule has 1 saturated heterocycles. The minimum atomic E-state index is 0.729. The summed E-state index contributed by atoms with van der Waals surface area (Å²) in [5, 5.41) is 3.37. The average molecular weight is 134 g/mol. The third kappa shape index (κ3) is 1.64. The lowest BCUT2D eigenvalue weighted by Gasteiger charge is -2.04. The molecule has 0 aromatic carbocycles. The van der Waals surface area contributed by atoms with Crippen LogP contribution in [0, 0.1) is 0 Å². The molecule has 0 bridgehead atoms. The van der Waals surface area contributed by atoms with Gasteiger partial charge in [0.1, 0.15) is 0 Å². The summed E-state index contributed by atoms with van der Waals surface area (Å²) in [6.45, 7) is 1.20. The van der Waals surface area contributed by atoms with Gasteiger partial charge in [-0.15, -0.1) is 11.6 Å². The Morgan fingerprint density at radius 1 is 1.62 bits per heavy atom. The highest BCUT2D eigenvalue weighted by molar-refractivity contribution is 6.17. The molecule has 0 saturated carbocycles. The van der Waals surface area contributed by atoms with E-state index in [-0.39, 0.29) is 0 Å². The number of nitrogens with one attached hydrogen (secondary N) is 1. The molecule has 1 aliphatic rings. The van der Waals surface area contributed by atoms with Crippen molar-refractivity contribution < 1.29 is 0 Å². The summed E-state index contributed by atoms with van der Waals surface area (Å²) in [6.07, 6.45) is 3.80. The van der Waals surface area contributed by atoms with Crippen LogP contribution in [0.3, 0.4) is 0 Å². The van der Waals surface area contributed by atoms with E-state index in [1.54, 1.807) is 0 Å². The molecule has 0 aromatic heterocycles. The molecule has 0 aliphatic carbocycles. The maximum atomic E-state index is 5.54. The van der Waals surface area contributed by atoms with Crippen molar-refractivity contribution in [3.8, 4) is 0 Å². The van der Waals surface area contributed by atoms with Gasteiger partial charge in [-0.25, -0.2) is 0 Å². The lowest BCUT2D eigenvalue weighted by Crippen LogP contribution is -2.21. The van der Waals surface area contributed by atoms with E-state index in [1.807, 2.05) is 0 Å². The largest absolute Gasteiger partial charge is 0.314 e. The molecule has 1 rings (SSSR count). The van der Waals surface area contributed by atoms with Crippen molar-refractivity contribution in [3.05, 3.63) is 0 Å². The van der Waals surface area contributed by atoms with E-state index >= 15 is 0 Å². The first-order valence-corrected chi connectivity index (χ1v) is 3.76. The maximum Gasteiger partial charge on any atom is 0.0238 e. The van der Waals surface area contributed by atoms with Gasteiger partial charge in [0, 0.05) is 11.9 Å². The Morgan fingerprint density at radius 2 is 2.50 bits per heavy atom. The zero-order valence-electron chi connectivity index (χ0n) is 4.99. The van der Waals surface area contributed by atoms with Crippen molar-refractivity contribution in [1.29, 1.82) is 0 Å². The maximum absolute atomic E-state index is 5.54. The van der Waals surface area contributed by atoms with Gasteiger partial charge in [-0.05, 0) is 25.8 Å². The second-order valence-electron chi connectivity index (χ2n) is 2.27. The van der Waals surface area contributed by atoms with Crippen LogP contribution in [-0.4, -0.2) is 18.5 Å². The molecule has 1 nitrogen and oxygen atoms in total. The monoisotopic (exact) mass is 133 g/mol. The Kier molecular flexibility index (Phi) is 2.64. The Hall–Kier alpha value is 0.250. The van der Waals surface area contributed by atoms with Gasteiger partial charge in [-0.1, -0.05) is 0 Å². The third-order valence-corrected chi connectivity index (χ3v) is 1.84. The molecule has 1 aliphatic heterocycles. The number of halogens is 1. The molecule has 1 N–H and O–H groups in total. The van der Waals surface area contributed by atoms with Crippen LogP contribution in [0.15, 0.2) is 0 Å². The van der Waals surface area contributed by atoms with Crippen LogP contribution in [0.4, 0.5) is 0 Å². The normalized spacial score (nSPS) is 28.9. The van der Waals surface area contributed by atoms with Gasteiger partial charge in [-0.2, -0.15) is 0 Å². The summed E-state index contributed by atoms with van der Waals surface area (Å²) in [6, 6.07) is 0.729. The predicted octanol–water partition coefficient (Wildman–Crippen LogP) is 1.37. The second-order valence-corrected chi connectivity index (χ2v) is 2.65. The minimum absolute atomic E-state index is 0.729. The van der Waals surface area contributed by atoms with Gasteiger partial charge in [-0.3, -0.25) is 0 Å². The van der Waals surface area contributed by atoms with Gasteiger partial charge in [0.2, 0.25) is 0 Å². The Labute approximate surface area is 55.4 Å². The van der Waals surface area contributed by atoms with E-state index in [0.29, 0.717) is 0 Å². The topological polar surface area (TPSA) is 12.0 Å². The van der Waals surface area contributed by atoms with Crippen molar-refractivity contribution in [3.63, 3.8) is 0 Å². The molecule has 1 heterocycles. The number of alkyl halides is 1. The number of hydrogen-bond acceptors (Lipinski definition) is 1. The average Bonchev–Trinajstić information content (AvgIpc) is 2.19. The van der Waals surface area contributed by atoms with Crippen LogP contribution in [-0.2, 0) is 0 Å². The summed E-state index contributed by atoms with van der Waals surface area (Å²) >= 11 is 5.54. The van der Waals surface area contributed by atoms with Gasteiger partial charge in [0.15, 0.2) is 0 Å². The van der Waals surface area contributed by atoms with Crippen molar-refractivity contribution >= 4 is 11.6 Å². The lowest BCUT2D eigenvalue weighted by atomic mass is 10.2. The molecular formula is C6H12ClN. The van der Waals surface area contributed by atoms with Gasteiger partial charge < -0.3 is 5.32 Å². The van der Waals surface area contributed by atoms with E-state index < -0.39 is 0 Å². The summed E-state index contributed by atoms with van der Waals surface area (Å²) in [5.74, 6) is 0.803. The fourth-order valence-electron chi connectivity index (χ4n) is 1.13. The molecule has 0 amide bonds. The van der Waals surface area contributed by atoms with Crippen molar-refractivity contribution in [2.24, 2.45) is 0 Å². The summed E-state index contributed by atoms with van der Waals surface area (Å²) in [4.78, 5) is 0. The first kappa shape index (κ1) is 6.37. The zero-order chi connectivity index (χ0) is 5.82. The van der Waals surface area contributed by atoms with E-state index in [9.17, 15) is 0 Å². The van der Waals surface area contributed by atoms with Crippen LogP contribution in [0.2, 0.25) is 0 Å².